The van der Waals surface area contributed by atoms with Crippen LogP contribution in [0.5, 0.6) is 0 Å². The van der Waals surface area contributed by atoms with Crippen LogP contribution in [0, 0.1) is 5.92 Å². The van der Waals surface area contributed by atoms with Crippen molar-refractivity contribution < 1.29 is 9.59 Å². The van der Waals surface area contributed by atoms with E-state index in [-0.39, 0.29) is 17.7 Å². The maximum atomic E-state index is 12.9. The molecule has 2 aromatic carbocycles. The summed E-state index contributed by atoms with van der Waals surface area (Å²) in [5.41, 5.74) is 3.51. The molecule has 0 saturated heterocycles. The van der Waals surface area contributed by atoms with Crippen molar-refractivity contribution >= 4 is 29.1 Å². The van der Waals surface area contributed by atoms with Gasteiger partial charge in [0, 0.05) is 24.7 Å². The second-order valence-corrected chi connectivity index (χ2v) is 7.82. The van der Waals surface area contributed by atoms with Crippen molar-refractivity contribution in [1.82, 2.24) is 4.90 Å². The first-order valence-corrected chi connectivity index (χ1v) is 10.1. The molecule has 1 aliphatic carbocycles. The maximum absolute atomic E-state index is 12.9. The molecule has 2 amide bonds. The highest BCUT2D eigenvalue weighted by molar-refractivity contribution is 6.34. The molecule has 144 valence electrons. The van der Waals surface area contributed by atoms with E-state index in [9.17, 15) is 9.59 Å². The van der Waals surface area contributed by atoms with Gasteiger partial charge in [-0.15, -0.1) is 0 Å². The van der Waals surface area contributed by atoms with Gasteiger partial charge in [0.2, 0.25) is 5.91 Å². The molecule has 0 fully saturated rings. The third-order valence-corrected chi connectivity index (χ3v) is 5.85. The summed E-state index contributed by atoms with van der Waals surface area (Å²) in [5.74, 6) is 0.124. The molecule has 1 N–H and O–H groups in total. The van der Waals surface area contributed by atoms with Crippen LogP contribution < -0.4 is 5.32 Å². The fraction of sp³-hybridized carbons (Fsp3) is 0.304. The predicted molar refractivity (Wildman–Crippen MR) is 111 cm³/mol. The van der Waals surface area contributed by atoms with Crippen molar-refractivity contribution in [3.05, 3.63) is 76.3 Å². The Kier molecular flexibility index (Phi) is 5.49. The van der Waals surface area contributed by atoms with Gasteiger partial charge in [-0.3, -0.25) is 9.59 Å². The molecule has 2 aliphatic rings. The van der Waals surface area contributed by atoms with Crippen LogP contribution >= 0.6 is 11.6 Å². The predicted octanol–water partition coefficient (Wildman–Crippen LogP) is 4.83. The molecule has 4 rings (SSSR count). The van der Waals surface area contributed by atoms with E-state index in [2.05, 4.69) is 17.5 Å². The molecule has 0 unspecified atom stereocenters. The highest BCUT2D eigenvalue weighted by atomic mass is 35.5. The van der Waals surface area contributed by atoms with Crippen molar-refractivity contribution in [2.75, 3.05) is 11.9 Å². The van der Waals surface area contributed by atoms with E-state index < -0.39 is 0 Å². The van der Waals surface area contributed by atoms with Gasteiger partial charge in [0.25, 0.3) is 5.91 Å². The highest BCUT2D eigenvalue weighted by Gasteiger charge is 2.27. The van der Waals surface area contributed by atoms with Crippen molar-refractivity contribution in [3.63, 3.8) is 0 Å². The van der Waals surface area contributed by atoms with E-state index in [1.807, 2.05) is 23.1 Å². The van der Waals surface area contributed by atoms with Gasteiger partial charge in [-0.1, -0.05) is 42.0 Å². The minimum atomic E-state index is -0.233. The van der Waals surface area contributed by atoms with Crippen molar-refractivity contribution in [3.8, 4) is 0 Å². The Balaban J connectivity index is 1.47. The smallest absolute Gasteiger partial charge is 0.257 e. The highest BCUT2D eigenvalue weighted by Crippen LogP contribution is 2.27. The average Bonchev–Trinajstić information content (AvgIpc) is 2.73. The lowest BCUT2D eigenvalue weighted by molar-refractivity contribution is -0.136. The zero-order valence-corrected chi connectivity index (χ0v) is 16.4. The number of amides is 2. The van der Waals surface area contributed by atoms with Crippen LogP contribution in [-0.4, -0.2) is 23.3 Å². The van der Waals surface area contributed by atoms with Gasteiger partial charge < -0.3 is 10.2 Å². The van der Waals surface area contributed by atoms with E-state index in [4.69, 9.17) is 11.6 Å². The lowest BCUT2D eigenvalue weighted by Gasteiger charge is -2.32. The van der Waals surface area contributed by atoms with Crippen molar-refractivity contribution in [2.45, 2.75) is 32.2 Å². The third kappa shape index (κ3) is 3.97. The number of benzene rings is 2. The molecule has 0 bridgehead atoms. The Hall–Kier alpha value is -2.59. The molecule has 1 heterocycles. The number of hydrogen-bond acceptors (Lipinski definition) is 2. The first-order chi connectivity index (χ1) is 13.6. The number of carbonyl (C=O) groups is 2. The minimum Gasteiger partial charge on any atom is -0.338 e. The largest absolute Gasteiger partial charge is 0.338 e. The third-order valence-electron chi connectivity index (χ3n) is 5.52. The molecule has 0 saturated carbocycles. The summed E-state index contributed by atoms with van der Waals surface area (Å²) in [5, 5.41) is 3.35. The lowest BCUT2D eigenvalue weighted by atomic mass is 9.91. The normalized spacial score (nSPS) is 18.5. The molecule has 1 atom stereocenters. The molecule has 28 heavy (non-hydrogen) atoms. The van der Waals surface area contributed by atoms with Crippen molar-refractivity contribution in [2.24, 2.45) is 5.92 Å². The molecular weight excluding hydrogens is 372 g/mol. The number of rotatable bonds is 3. The molecule has 4 nitrogen and oxygen atoms in total. The van der Waals surface area contributed by atoms with Crippen LogP contribution in [0.2, 0.25) is 5.02 Å². The number of hydrogen-bond donors (Lipinski definition) is 1. The minimum absolute atomic E-state index is 0.106. The van der Waals surface area contributed by atoms with Gasteiger partial charge in [0.15, 0.2) is 0 Å². The fourth-order valence-electron chi connectivity index (χ4n) is 3.94. The molecule has 1 aliphatic heterocycles. The number of nitrogens with one attached hydrogen (secondary N) is 1. The Morgan fingerprint density at radius 1 is 1.07 bits per heavy atom. The Labute approximate surface area is 170 Å². The zero-order chi connectivity index (χ0) is 19.5. The summed E-state index contributed by atoms with van der Waals surface area (Å²) in [6.45, 7) is 1.36. The van der Waals surface area contributed by atoms with Crippen LogP contribution in [0.25, 0.3) is 0 Å². The summed E-state index contributed by atoms with van der Waals surface area (Å²) in [6, 6.07) is 12.9. The Morgan fingerprint density at radius 3 is 2.71 bits per heavy atom. The Morgan fingerprint density at radius 2 is 1.93 bits per heavy atom. The number of nitrogens with zero attached hydrogens (tertiary/aromatic N) is 1. The molecule has 2 aromatic rings. The van der Waals surface area contributed by atoms with Gasteiger partial charge in [0.1, 0.15) is 0 Å². The zero-order valence-electron chi connectivity index (χ0n) is 15.7. The second kappa shape index (κ2) is 8.19. The van der Waals surface area contributed by atoms with Gasteiger partial charge in [-0.05, 0) is 61.1 Å². The topological polar surface area (TPSA) is 49.4 Å². The van der Waals surface area contributed by atoms with Crippen LogP contribution in [0.1, 0.15) is 40.7 Å². The Bertz CT molecular complexity index is 938. The van der Waals surface area contributed by atoms with E-state index in [1.54, 1.807) is 24.3 Å². The summed E-state index contributed by atoms with van der Waals surface area (Å²) in [7, 11) is 0. The van der Waals surface area contributed by atoms with E-state index in [1.165, 1.54) is 5.56 Å². The van der Waals surface area contributed by atoms with Crippen LogP contribution in [0.15, 0.2) is 54.6 Å². The first-order valence-electron chi connectivity index (χ1n) is 9.73. The molecule has 5 heteroatoms. The number of allylic oxidation sites excluding steroid dienone is 2. The molecule has 0 spiro atoms. The van der Waals surface area contributed by atoms with Gasteiger partial charge >= 0.3 is 0 Å². The monoisotopic (exact) mass is 394 g/mol. The SMILES string of the molecule is O=C(Nc1ccc2c(c1)CN(C(=O)[C@@H]1CC=CCC1)CC2)c1ccccc1Cl. The van der Waals surface area contributed by atoms with E-state index in [0.717, 1.165) is 43.5 Å². The van der Waals surface area contributed by atoms with E-state index in [0.29, 0.717) is 17.1 Å². The number of fused-ring (bicyclic) bond motifs is 1. The van der Waals surface area contributed by atoms with E-state index >= 15 is 0 Å². The molecule has 0 aromatic heterocycles. The van der Waals surface area contributed by atoms with Crippen LogP contribution in [0.3, 0.4) is 0 Å². The summed E-state index contributed by atoms with van der Waals surface area (Å²) in [4.78, 5) is 27.3. The molecule has 0 radical (unpaired) electrons. The standard InChI is InChI=1S/C23H23ClN2O2/c24-21-9-5-4-8-20(21)22(27)25-19-11-10-16-12-13-26(15-18(16)14-19)23(28)17-6-2-1-3-7-17/h1-2,4-5,8-11,14,17H,3,6-7,12-13,15H2,(H,25,27)/t17-/m1/s1. The fourth-order valence-corrected chi connectivity index (χ4v) is 4.16. The van der Waals surface area contributed by atoms with Gasteiger partial charge in [-0.25, -0.2) is 0 Å². The quantitative estimate of drug-likeness (QED) is 0.758. The molecular formula is C23H23ClN2O2. The summed E-state index contributed by atoms with van der Waals surface area (Å²) < 4.78 is 0. The lowest BCUT2D eigenvalue weighted by Crippen LogP contribution is -2.40. The summed E-state index contributed by atoms with van der Waals surface area (Å²) in [6.07, 6.45) is 7.89. The van der Waals surface area contributed by atoms with Gasteiger partial charge in [0.05, 0.1) is 10.6 Å². The van der Waals surface area contributed by atoms with Crippen LogP contribution in [-0.2, 0) is 17.8 Å². The summed E-state index contributed by atoms with van der Waals surface area (Å²) >= 11 is 6.12. The first kappa shape index (κ1) is 18.8. The van der Waals surface area contributed by atoms with Crippen LogP contribution in [0.4, 0.5) is 5.69 Å². The second-order valence-electron chi connectivity index (χ2n) is 7.41. The average molecular weight is 395 g/mol. The number of carbonyl (C=O) groups excluding carboxylic acids is 2. The van der Waals surface area contributed by atoms with Crippen molar-refractivity contribution in [1.29, 1.82) is 0 Å². The number of halogens is 1. The van der Waals surface area contributed by atoms with Gasteiger partial charge in [-0.2, -0.15) is 0 Å². The number of anilines is 1. The maximum Gasteiger partial charge on any atom is 0.257 e.